The summed E-state index contributed by atoms with van der Waals surface area (Å²) in [5.74, 6) is -0.381. The smallest absolute Gasteiger partial charge is 0.331 e. The second-order valence-electron chi connectivity index (χ2n) is 5.11. The van der Waals surface area contributed by atoms with Crippen LogP contribution >= 0.6 is 27.7 Å². The van der Waals surface area contributed by atoms with Crippen LogP contribution in [0.3, 0.4) is 0 Å². The number of hydrogen-bond acceptors (Lipinski definition) is 5. The molecule has 0 aliphatic rings. The summed E-state index contributed by atoms with van der Waals surface area (Å²) < 4.78 is 11.0. The predicted molar refractivity (Wildman–Crippen MR) is 108 cm³/mol. The van der Waals surface area contributed by atoms with Crippen molar-refractivity contribution < 1.29 is 19.1 Å². The lowest BCUT2D eigenvalue weighted by atomic mass is 10.2. The van der Waals surface area contributed by atoms with Crippen LogP contribution in [0.5, 0.6) is 5.75 Å². The highest BCUT2D eigenvalue weighted by molar-refractivity contribution is 9.10. The minimum absolute atomic E-state index is 0.359. The maximum atomic E-state index is 11.9. The molecule has 1 N–H and O–H groups in total. The Morgan fingerprint density at radius 3 is 2.77 bits per heavy atom. The van der Waals surface area contributed by atoms with Crippen molar-refractivity contribution >= 4 is 51.3 Å². The van der Waals surface area contributed by atoms with Gasteiger partial charge in [-0.05, 0) is 48.7 Å². The highest BCUT2D eigenvalue weighted by Gasteiger charge is 2.07. The lowest BCUT2D eigenvalue weighted by molar-refractivity contribution is -0.142. The monoisotopic (exact) mass is 435 g/mol. The zero-order valence-electron chi connectivity index (χ0n) is 14.3. The SMILES string of the molecule is COc1ccc(Br)cc1/C=C/C(=O)OCC(=O)Nc1cccc(SC)c1. The molecule has 26 heavy (non-hydrogen) atoms. The Hall–Kier alpha value is -2.25. The fraction of sp³-hybridized carbons (Fsp3) is 0.158. The van der Waals surface area contributed by atoms with E-state index in [1.807, 2.05) is 36.6 Å². The molecule has 2 aromatic carbocycles. The van der Waals surface area contributed by atoms with E-state index in [1.54, 1.807) is 37.1 Å². The second-order valence-corrected chi connectivity index (χ2v) is 6.90. The number of benzene rings is 2. The molecule has 0 heterocycles. The molecule has 0 bridgehead atoms. The third-order valence-electron chi connectivity index (χ3n) is 3.29. The summed E-state index contributed by atoms with van der Waals surface area (Å²) in [7, 11) is 1.55. The van der Waals surface area contributed by atoms with Crippen molar-refractivity contribution in [3.63, 3.8) is 0 Å². The van der Waals surface area contributed by atoms with Crippen molar-refractivity contribution in [2.24, 2.45) is 0 Å². The van der Waals surface area contributed by atoms with Crippen LogP contribution in [0.2, 0.25) is 0 Å². The van der Waals surface area contributed by atoms with Crippen LogP contribution in [-0.4, -0.2) is 31.8 Å². The maximum Gasteiger partial charge on any atom is 0.331 e. The number of esters is 1. The average molecular weight is 436 g/mol. The van der Waals surface area contributed by atoms with Crippen LogP contribution in [0.1, 0.15) is 5.56 Å². The molecule has 0 aliphatic heterocycles. The summed E-state index contributed by atoms with van der Waals surface area (Å²) in [5, 5.41) is 2.69. The number of halogens is 1. The van der Waals surface area contributed by atoms with Crippen LogP contribution < -0.4 is 10.1 Å². The van der Waals surface area contributed by atoms with Crippen LogP contribution in [0.4, 0.5) is 5.69 Å². The summed E-state index contributed by atoms with van der Waals surface area (Å²) in [6, 6.07) is 12.9. The molecule has 0 saturated carbocycles. The van der Waals surface area contributed by atoms with Crippen molar-refractivity contribution in [3.8, 4) is 5.75 Å². The highest BCUT2D eigenvalue weighted by Crippen LogP contribution is 2.24. The molecule has 0 radical (unpaired) electrons. The van der Waals surface area contributed by atoms with Gasteiger partial charge >= 0.3 is 5.97 Å². The minimum atomic E-state index is -0.611. The molecule has 0 atom stereocenters. The number of nitrogens with one attached hydrogen (secondary N) is 1. The van der Waals surface area contributed by atoms with E-state index >= 15 is 0 Å². The van der Waals surface area contributed by atoms with E-state index < -0.39 is 11.9 Å². The number of carbonyl (C=O) groups excluding carboxylic acids is 2. The van der Waals surface area contributed by atoms with Crippen molar-refractivity contribution in [3.05, 3.63) is 58.6 Å². The van der Waals surface area contributed by atoms with Gasteiger partial charge in [0.15, 0.2) is 6.61 Å². The van der Waals surface area contributed by atoms with E-state index in [0.29, 0.717) is 11.4 Å². The number of methoxy groups -OCH3 is 1. The van der Waals surface area contributed by atoms with Gasteiger partial charge in [0.1, 0.15) is 5.75 Å². The first-order valence-electron chi connectivity index (χ1n) is 7.64. The zero-order chi connectivity index (χ0) is 18.9. The Morgan fingerprint density at radius 2 is 2.04 bits per heavy atom. The normalized spacial score (nSPS) is 10.6. The van der Waals surface area contributed by atoms with E-state index in [0.717, 1.165) is 14.9 Å². The van der Waals surface area contributed by atoms with Crippen molar-refractivity contribution in [2.45, 2.75) is 4.90 Å². The molecule has 2 rings (SSSR count). The first-order chi connectivity index (χ1) is 12.5. The van der Waals surface area contributed by atoms with Gasteiger partial charge in [0.2, 0.25) is 0 Å². The van der Waals surface area contributed by atoms with E-state index in [1.165, 1.54) is 6.08 Å². The lowest BCUT2D eigenvalue weighted by Crippen LogP contribution is -2.20. The average Bonchev–Trinajstić information content (AvgIpc) is 2.65. The Bertz CT molecular complexity index is 823. The minimum Gasteiger partial charge on any atom is -0.496 e. The van der Waals surface area contributed by atoms with Crippen molar-refractivity contribution in [1.82, 2.24) is 0 Å². The van der Waals surface area contributed by atoms with Gasteiger partial charge < -0.3 is 14.8 Å². The summed E-state index contributed by atoms with van der Waals surface area (Å²) in [6.45, 7) is -0.359. The van der Waals surface area contributed by atoms with E-state index in [-0.39, 0.29) is 6.61 Å². The molecule has 5 nitrogen and oxygen atoms in total. The molecule has 7 heteroatoms. The Kier molecular flexibility index (Phi) is 7.74. The number of amides is 1. The lowest BCUT2D eigenvalue weighted by Gasteiger charge is -2.07. The zero-order valence-corrected chi connectivity index (χ0v) is 16.7. The van der Waals surface area contributed by atoms with E-state index in [2.05, 4.69) is 21.2 Å². The fourth-order valence-electron chi connectivity index (χ4n) is 2.08. The molecule has 0 aliphatic carbocycles. The van der Waals surface area contributed by atoms with Gasteiger partial charge in [0.25, 0.3) is 5.91 Å². The molecular formula is C19H18BrNO4S. The summed E-state index contributed by atoms with van der Waals surface area (Å²) in [6.07, 6.45) is 4.78. The third kappa shape index (κ3) is 6.24. The quantitative estimate of drug-likeness (QED) is 0.397. The topological polar surface area (TPSA) is 64.6 Å². The largest absolute Gasteiger partial charge is 0.496 e. The molecule has 0 aromatic heterocycles. The second kappa shape index (κ2) is 10.0. The third-order valence-corrected chi connectivity index (χ3v) is 4.51. The van der Waals surface area contributed by atoms with Crippen molar-refractivity contribution in [2.75, 3.05) is 25.3 Å². The van der Waals surface area contributed by atoms with Crippen molar-refractivity contribution in [1.29, 1.82) is 0 Å². The molecule has 136 valence electrons. The number of rotatable bonds is 7. The number of ether oxygens (including phenoxy) is 2. The molecule has 0 saturated heterocycles. The standard InChI is InChI=1S/C19H18BrNO4S/c1-24-17-8-7-14(20)10-13(17)6-9-19(23)25-12-18(22)21-15-4-3-5-16(11-15)26-2/h3-11H,12H2,1-2H3,(H,21,22)/b9-6+. The van der Waals surface area contributed by atoms with Gasteiger partial charge in [0.05, 0.1) is 7.11 Å². The summed E-state index contributed by atoms with van der Waals surface area (Å²) in [5.41, 5.74) is 1.38. The molecule has 0 spiro atoms. The van der Waals surface area contributed by atoms with E-state index in [9.17, 15) is 9.59 Å². The molecule has 0 unspecified atom stereocenters. The Labute approximate surface area is 164 Å². The molecule has 0 fully saturated rings. The highest BCUT2D eigenvalue weighted by atomic mass is 79.9. The van der Waals surface area contributed by atoms with Crippen LogP contribution in [0.25, 0.3) is 6.08 Å². The molecule has 1 amide bonds. The number of anilines is 1. The van der Waals surface area contributed by atoms with Gasteiger partial charge in [-0.1, -0.05) is 22.0 Å². The number of carbonyl (C=O) groups is 2. The van der Waals surface area contributed by atoms with E-state index in [4.69, 9.17) is 9.47 Å². The summed E-state index contributed by atoms with van der Waals surface area (Å²) >= 11 is 4.94. The summed E-state index contributed by atoms with van der Waals surface area (Å²) in [4.78, 5) is 24.7. The molecule has 2 aromatic rings. The molecular weight excluding hydrogens is 418 g/mol. The Balaban J connectivity index is 1.88. The van der Waals surface area contributed by atoms with Gasteiger partial charge in [-0.25, -0.2) is 4.79 Å². The first kappa shape index (κ1) is 20.1. The van der Waals surface area contributed by atoms with Gasteiger partial charge in [0, 0.05) is 26.7 Å². The Morgan fingerprint density at radius 1 is 1.23 bits per heavy atom. The van der Waals surface area contributed by atoms with Crippen LogP contribution in [0, 0.1) is 0 Å². The van der Waals surface area contributed by atoms with Gasteiger partial charge in [-0.3, -0.25) is 4.79 Å². The number of thioether (sulfide) groups is 1. The predicted octanol–water partition coefficient (Wildman–Crippen LogP) is 4.37. The fourth-order valence-corrected chi connectivity index (χ4v) is 2.91. The first-order valence-corrected chi connectivity index (χ1v) is 9.66. The van der Waals surface area contributed by atoms with Gasteiger partial charge in [-0.2, -0.15) is 0 Å². The van der Waals surface area contributed by atoms with Gasteiger partial charge in [-0.15, -0.1) is 11.8 Å². The number of hydrogen-bond donors (Lipinski definition) is 1. The maximum absolute atomic E-state index is 11.9. The van der Waals surface area contributed by atoms with Crippen LogP contribution in [0.15, 0.2) is 57.9 Å². The van der Waals surface area contributed by atoms with Crippen LogP contribution in [-0.2, 0) is 14.3 Å².